The smallest absolute Gasteiger partial charge is 0.216 e. The third kappa shape index (κ3) is 4.33. The van der Waals surface area contributed by atoms with Gasteiger partial charge in [0.05, 0.1) is 10.6 Å². The first-order chi connectivity index (χ1) is 8.00. The zero-order chi connectivity index (χ0) is 12.8. The van der Waals surface area contributed by atoms with Crippen LogP contribution in [-0.4, -0.2) is 17.6 Å². The molecule has 0 heterocycles. The van der Waals surface area contributed by atoms with E-state index in [2.05, 4.69) is 17.2 Å². The Labute approximate surface area is 104 Å². The maximum atomic E-state index is 13.0. The van der Waals surface area contributed by atoms with Gasteiger partial charge in [-0.3, -0.25) is 4.79 Å². The summed E-state index contributed by atoms with van der Waals surface area (Å²) < 4.78 is 13.0. The Bertz CT molecular complexity index is 491. The van der Waals surface area contributed by atoms with Crippen LogP contribution in [0.25, 0.3) is 0 Å². The van der Waals surface area contributed by atoms with E-state index in [9.17, 15) is 14.3 Å². The summed E-state index contributed by atoms with van der Waals surface area (Å²) in [6.45, 7) is 1.82. The van der Waals surface area contributed by atoms with E-state index >= 15 is 0 Å². The number of halogens is 2. The lowest BCUT2D eigenvalue weighted by Gasteiger charge is -2.00. The zero-order valence-corrected chi connectivity index (χ0v) is 9.94. The molecule has 0 saturated heterocycles. The SMILES string of the molecule is CC(=O)NCCC#Cc1cc(F)cc(Cl)c1O. The summed E-state index contributed by atoms with van der Waals surface area (Å²) in [6, 6.07) is 2.12. The molecule has 0 radical (unpaired) electrons. The minimum Gasteiger partial charge on any atom is -0.505 e. The number of carbonyl (C=O) groups excluding carboxylic acids is 1. The molecule has 0 aromatic heterocycles. The quantitative estimate of drug-likeness (QED) is 0.628. The fourth-order valence-corrected chi connectivity index (χ4v) is 1.33. The highest BCUT2D eigenvalue weighted by molar-refractivity contribution is 6.32. The van der Waals surface area contributed by atoms with Gasteiger partial charge >= 0.3 is 0 Å². The predicted molar refractivity (Wildman–Crippen MR) is 63.3 cm³/mol. The van der Waals surface area contributed by atoms with Crippen molar-refractivity contribution in [2.24, 2.45) is 0 Å². The van der Waals surface area contributed by atoms with Crippen LogP contribution in [0.3, 0.4) is 0 Å². The molecule has 2 N–H and O–H groups in total. The lowest BCUT2D eigenvalue weighted by Crippen LogP contribution is -2.20. The maximum absolute atomic E-state index is 13.0. The van der Waals surface area contributed by atoms with E-state index in [1.807, 2.05) is 0 Å². The molecule has 17 heavy (non-hydrogen) atoms. The second kappa shape index (κ2) is 6.12. The lowest BCUT2D eigenvalue weighted by atomic mass is 10.2. The second-order valence-electron chi connectivity index (χ2n) is 3.32. The molecule has 3 nitrogen and oxygen atoms in total. The monoisotopic (exact) mass is 255 g/mol. The van der Waals surface area contributed by atoms with Gasteiger partial charge in [0, 0.05) is 19.9 Å². The normalized spacial score (nSPS) is 9.35. The molecule has 0 atom stereocenters. The van der Waals surface area contributed by atoms with Crippen LogP contribution in [-0.2, 0) is 4.79 Å². The summed E-state index contributed by atoms with van der Waals surface area (Å²) in [7, 11) is 0. The topological polar surface area (TPSA) is 49.3 Å². The van der Waals surface area contributed by atoms with Crippen LogP contribution in [0.1, 0.15) is 18.9 Å². The minimum atomic E-state index is -0.557. The van der Waals surface area contributed by atoms with E-state index in [0.717, 1.165) is 12.1 Å². The molecule has 0 bridgehead atoms. The Hall–Kier alpha value is -1.73. The van der Waals surface area contributed by atoms with E-state index in [4.69, 9.17) is 11.6 Å². The third-order valence-electron chi connectivity index (χ3n) is 1.88. The molecular weight excluding hydrogens is 245 g/mol. The van der Waals surface area contributed by atoms with Crippen molar-refractivity contribution >= 4 is 17.5 Å². The van der Waals surface area contributed by atoms with E-state index in [1.54, 1.807) is 0 Å². The number of benzene rings is 1. The van der Waals surface area contributed by atoms with E-state index in [0.29, 0.717) is 13.0 Å². The largest absolute Gasteiger partial charge is 0.505 e. The molecule has 0 unspecified atom stereocenters. The molecular formula is C12H11ClFNO2. The standard InChI is InChI=1S/C12H11ClFNO2/c1-8(16)15-5-3-2-4-9-6-10(14)7-11(13)12(9)17/h6-7,17H,3,5H2,1H3,(H,15,16). The van der Waals surface area contributed by atoms with Crippen molar-refractivity contribution in [1.82, 2.24) is 5.32 Å². The maximum Gasteiger partial charge on any atom is 0.216 e. The van der Waals surface area contributed by atoms with Gasteiger partial charge in [0.1, 0.15) is 11.6 Å². The highest BCUT2D eigenvalue weighted by Gasteiger charge is 2.05. The Morgan fingerprint density at radius 2 is 2.29 bits per heavy atom. The molecule has 5 heteroatoms. The first-order valence-corrected chi connectivity index (χ1v) is 5.30. The Balaban J connectivity index is 2.68. The summed E-state index contributed by atoms with van der Waals surface area (Å²) in [6.07, 6.45) is 0.410. The average Bonchev–Trinajstić information content (AvgIpc) is 2.23. The summed E-state index contributed by atoms with van der Waals surface area (Å²) in [5, 5.41) is 12.0. The summed E-state index contributed by atoms with van der Waals surface area (Å²) in [5.74, 6) is 4.37. The van der Waals surface area contributed by atoms with Crippen molar-refractivity contribution in [3.05, 3.63) is 28.5 Å². The van der Waals surface area contributed by atoms with Gasteiger partial charge in [0.15, 0.2) is 0 Å². The molecule has 1 rings (SSSR count). The molecule has 0 spiro atoms. The highest BCUT2D eigenvalue weighted by Crippen LogP contribution is 2.27. The molecule has 1 aromatic carbocycles. The Kier molecular flexibility index (Phi) is 4.80. The van der Waals surface area contributed by atoms with Crippen molar-refractivity contribution in [1.29, 1.82) is 0 Å². The van der Waals surface area contributed by atoms with Crippen LogP contribution < -0.4 is 5.32 Å². The highest BCUT2D eigenvalue weighted by atomic mass is 35.5. The number of amides is 1. The van der Waals surface area contributed by atoms with Gasteiger partial charge in [-0.1, -0.05) is 23.4 Å². The molecule has 1 aromatic rings. The van der Waals surface area contributed by atoms with E-state index < -0.39 is 5.82 Å². The first-order valence-electron chi connectivity index (χ1n) is 4.92. The van der Waals surface area contributed by atoms with E-state index in [-0.39, 0.29) is 22.2 Å². The Morgan fingerprint density at radius 1 is 1.59 bits per heavy atom. The number of nitrogens with one attached hydrogen (secondary N) is 1. The van der Waals surface area contributed by atoms with Gasteiger partial charge in [-0.2, -0.15) is 0 Å². The summed E-state index contributed by atoms with van der Waals surface area (Å²) in [5.41, 5.74) is 0.137. The number of hydrogen-bond donors (Lipinski definition) is 2. The molecule has 0 aliphatic rings. The molecule has 0 aliphatic heterocycles. The molecule has 90 valence electrons. The van der Waals surface area contributed by atoms with Crippen molar-refractivity contribution in [2.75, 3.05) is 6.54 Å². The number of phenolic OH excluding ortho intramolecular Hbond substituents is 1. The van der Waals surface area contributed by atoms with Crippen LogP contribution in [0, 0.1) is 17.7 Å². The predicted octanol–water partition coefficient (Wildman–Crippen LogP) is 2.06. The minimum absolute atomic E-state index is 0.0730. The number of rotatable bonds is 2. The third-order valence-corrected chi connectivity index (χ3v) is 2.16. The van der Waals surface area contributed by atoms with Gasteiger partial charge in [0.25, 0.3) is 0 Å². The van der Waals surface area contributed by atoms with Crippen molar-refractivity contribution in [3.8, 4) is 17.6 Å². The molecule has 1 amide bonds. The summed E-state index contributed by atoms with van der Waals surface area (Å²) >= 11 is 5.59. The van der Waals surface area contributed by atoms with Crippen molar-refractivity contribution in [2.45, 2.75) is 13.3 Å². The number of hydrogen-bond acceptors (Lipinski definition) is 2. The van der Waals surface area contributed by atoms with Crippen LogP contribution >= 0.6 is 11.6 Å². The molecule has 0 aliphatic carbocycles. The zero-order valence-electron chi connectivity index (χ0n) is 9.18. The van der Waals surface area contributed by atoms with Gasteiger partial charge in [-0.25, -0.2) is 4.39 Å². The van der Waals surface area contributed by atoms with Crippen LogP contribution in [0.2, 0.25) is 5.02 Å². The van der Waals surface area contributed by atoms with Crippen LogP contribution in [0.15, 0.2) is 12.1 Å². The van der Waals surface area contributed by atoms with Gasteiger partial charge in [0.2, 0.25) is 5.91 Å². The van der Waals surface area contributed by atoms with Crippen molar-refractivity contribution < 1.29 is 14.3 Å². The summed E-state index contributed by atoms with van der Waals surface area (Å²) in [4.78, 5) is 10.6. The number of phenols is 1. The van der Waals surface area contributed by atoms with Gasteiger partial charge in [-0.05, 0) is 12.1 Å². The van der Waals surface area contributed by atoms with Crippen LogP contribution in [0.5, 0.6) is 5.75 Å². The first kappa shape index (κ1) is 13.3. The molecule has 0 fully saturated rings. The fraction of sp³-hybridized carbons (Fsp3) is 0.250. The van der Waals surface area contributed by atoms with Gasteiger partial charge < -0.3 is 10.4 Å². The van der Waals surface area contributed by atoms with Gasteiger partial charge in [-0.15, -0.1) is 0 Å². The van der Waals surface area contributed by atoms with E-state index in [1.165, 1.54) is 6.92 Å². The average molecular weight is 256 g/mol. The second-order valence-corrected chi connectivity index (χ2v) is 3.73. The van der Waals surface area contributed by atoms with Crippen LogP contribution in [0.4, 0.5) is 4.39 Å². The number of carbonyl (C=O) groups is 1. The Morgan fingerprint density at radius 3 is 2.94 bits per heavy atom. The number of aromatic hydroxyl groups is 1. The van der Waals surface area contributed by atoms with Crippen molar-refractivity contribution in [3.63, 3.8) is 0 Å². The fourth-order valence-electron chi connectivity index (χ4n) is 1.12. The lowest BCUT2D eigenvalue weighted by molar-refractivity contribution is -0.118. The molecule has 0 saturated carbocycles.